The molecule has 2 fully saturated rings. The first-order chi connectivity index (χ1) is 4.45. The second kappa shape index (κ2) is 2.30. The lowest BCUT2D eigenvalue weighted by Crippen LogP contribution is -1.96. The van der Waals surface area contributed by atoms with Gasteiger partial charge < -0.3 is 4.74 Å². The summed E-state index contributed by atoms with van der Waals surface area (Å²) in [5.74, 6) is 1.05. The summed E-state index contributed by atoms with van der Waals surface area (Å²) in [6.45, 7) is 1.04. The smallest absolute Gasteiger partial charge is 0.0577 e. The fraction of sp³-hybridized carbons (Fsp3) is 1.00. The molecule has 9 heavy (non-hydrogen) atoms. The molecule has 52 valence electrons. The van der Waals surface area contributed by atoms with Crippen LogP contribution in [0.15, 0.2) is 0 Å². The van der Waals surface area contributed by atoms with Crippen LogP contribution in [-0.4, -0.2) is 12.7 Å². The molecule has 1 nitrogen and oxygen atoms in total. The Balaban J connectivity index is 1.46. The molecule has 0 bridgehead atoms. The molecule has 0 spiro atoms. The maximum atomic E-state index is 5.50. The van der Waals surface area contributed by atoms with Gasteiger partial charge in [-0.2, -0.15) is 0 Å². The van der Waals surface area contributed by atoms with Gasteiger partial charge in [-0.05, 0) is 25.2 Å². The summed E-state index contributed by atoms with van der Waals surface area (Å²) < 4.78 is 5.50. The van der Waals surface area contributed by atoms with Gasteiger partial charge in [0.1, 0.15) is 0 Å². The van der Waals surface area contributed by atoms with E-state index in [1.165, 1.54) is 32.1 Å². The fourth-order valence-corrected chi connectivity index (χ4v) is 1.04. The SMILES string of the molecule is C(CC1CC1)OC1CC1. The van der Waals surface area contributed by atoms with Gasteiger partial charge in [0.15, 0.2) is 0 Å². The zero-order valence-corrected chi connectivity index (χ0v) is 5.81. The molecule has 0 unspecified atom stereocenters. The summed E-state index contributed by atoms with van der Waals surface area (Å²) in [5, 5.41) is 0. The van der Waals surface area contributed by atoms with E-state index in [2.05, 4.69) is 0 Å². The molecule has 0 N–H and O–H groups in total. The van der Waals surface area contributed by atoms with Crippen LogP contribution in [0.3, 0.4) is 0 Å². The van der Waals surface area contributed by atoms with E-state index in [4.69, 9.17) is 4.74 Å². The Bertz CT molecular complexity index is 80.7. The highest BCUT2D eigenvalue weighted by molar-refractivity contribution is 4.75. The molecule has 0 amide bonds. The Hall–Kier alpha value is -0.0400. The minimum atomic E-state index is 0.670. The van der Waals surface area contributed by atoms with E-state index in [0.717, 1.165) is 12.5 Å². The molecule has 0 aliphatic heterocycles. The van der Waals surface area contributed by atoms with E-state index in [-0.39, 0.29) is 0 Å². The molecular formula is C8H14O. The van der Waals surface area contributed by atoms with E-state index in [1.807, 2.05) is 0 Å². The van der Waals surface area contributed by atoms with Gasteiger partial charge in [0.25, 0.3) is 0 Å². The minimum Gasteiger partial charge on any atom is -0.378 e. The third kappa shape index (κ3) is 1.98. The third-order valence-corrected chi connectivity index (χ3v) is 2.10. The van der Waals surface area contributed by atoms with Crippen molar-refractivity contribution in [2.45, 2.75) is 38.2 Å². The molecule has 1 heteroatoms. The van der Waals surface area contributed by atoms with Crippen molar-refractivity contribution in [3.63, 3.8) is 0 Å². The molecule has 0 atom stereocenters. The lowest BCUT2D eigenvalue weighted by Gasteiger charge is -1.98. The van der Waals surface area contributed by atoms with Crippen molar-refractivity contribution in [2.75, 3.05) is 6.61 Å². The molecule has 0 aromatic carbocycles. The number of hydrogen-bond acceptors (Lipinski definition) is 1. The minimum absolute atomic E-state index is 0.670. The highest BCUT2D eigenvalue weighted by Gasteiger charge is 2.24. The third-order valence-electron chi connectivity index (χ3n) is 2.10. The second-order valence-electron chi connectivity index (χ2n) is 3.30. The van der Waals surface area contributed by atoms with Gasteiger partial charge in [-0.1, -0.05) is 12.8 Å². The van der Waals surface area contributed by atoms with Gasteiger partial charge in [-0.3, -0.25) is 0 Å². The largest absolute Gasteiger partial charge is 0.378 e. The van der Waals surface area contributed by atoms with Crippen molar-refractivity contribution in [3.8, 4) is 0 Å². The van der Waals surface area contributed by atoms with E-state index in [0.29, 0.717) is 6.10 Å². The van der Waals surface area contributed by atoms with Crippen LogP contribution in [0.4, 0.5) is 0 Å². The molecule has 2 saturated carbocycles. The number of ether oxygens (including phenoxy) is 1. The highest BCUT2D eigenvalue weighted by Crippen LogP contribution is 2.33. The van der Waals surface area contributed by atoms with Gasteiger partial charge in [0.05, 0.1) is 6.10 Å². The Morgan fingerprint density at radius 3 is 2.44 bits per heavy atom. The molecule has 0 aromatic heterocycles. The number of rotatable bonds is 4. The lowest BCUT2D eigenvalue weighted by atomic mass is 10.3. The molecule has 2 rings (SSSR count). The van der Waals surface area contributed by atoms with Gasteiger partial charge in [-0.15, -0.1) is 0 Å². The molecular weight excluding hydrogens is 112 g/mol. The van der Waals surface area contributed by atoms with Crippen molar-refractivity contribution in [3.05, 3.63) is 0 Å². The number of hydrogen-bond donors (Lipinski definition) is 0. The summed E-state index contributed by atoms with van der Waals surface area (Å²) in [6, 6.07) is 0. The molecule has 0 radical (unpaired) electrons. The predicted molar refractivity (Wildman–Crippen MR) is 36.3 cm³/mol. The summed E-state index contributed by atoms with van der Waals surface area (Å²) in [5.41, 5.74) is 0. The summed E-state index contributed by atoms with van der Waals surface area (Å²) >= 11 is 0. The van der Waals surface area contributed by atoms with Crippen LogP contribution in [-0.2, 0) is 4.74 Å². The Labute approximate surface area is 56.4 Å². The summed E-state index contributed by atoms with van der Waals surface area (Å²) in [4.78, 5) is 0. The van der Waals surface area contributed by atoms with Crippen molar-refractivity contribution < 1.29 is 4.74 Å². The van der Waals surface area contributed by atoms with Crippen LogP contribution < -0.4 is 0 Å². The van der Waals surface area contributed by atoms with Crippen LogP contribution in [0.25, 0.3) is 0 Å². The van der Waals surface area contributed by atoms with Gasteiger partial charge in [0, 0.05) is 6.61 Å². The highest BCUT2D eigenvalue weighted by atomic mass is 16.5. The van der Waals surface area contributed by atoms with Crippen molar-refractivity contribution >= 4 is 0 Å². The van der Waals surface area contributed by atoms with Crippen LogP contribution in [0.5, 0.6) is 0 Å². The Morgan fingerprint density at radius 2 is 1.89 bits per heavy atom. The van der Waals surface area contributed by atoms with Crippen molar-refractivity contribution in [1.82, 2.24) is 0 Å². The lowest BCUT2D eigenvalue weighted by molar-refractivity contribution is 0.114. The Morgan fingerprint density at radius 1 is 1.11 bits per heavy atom. The van der Waals surface area contributed by atoms with Crippen LogP contribution in [0.1, 0.15) is 32.1 Å². The van der Waals surface area contributed by atoms with Gasteiger partial charge in [-0.25, -0.2) is 0 Å². The molecule has 0 heterocycles. The average Bonchev–Trinajstić information content (AvgIpc) is 2.57. The predicted octanol–water partition coefficient (Wildman–Crippen LogP) is 1.97. The zero-order chi connectivity index (χ0) is 6.10. The molecule has 2 aliphatic rings. The van der Waals surface area contributed by atoms with E-state index in [9.17, 15) is 0 Å². The maximum absolute atomic E-state index is 5.50. The maximum Gasteiger partial charge on any atom is 0.0577 e. The molecule has 0 saturated heterocycles. The first-order valence-corrected chi connectivity index (χ1v) is 4.07. The van der Waals surface area contributed by atoms with Crippen LogP contribution in [0.2, 0.25) is 0 Å². The van der Waals surface area contributed by atoms with E-state index < -0.39 is 0 Å². The average molecular weight is 126 g/mol. The van der Waals surface area contributed by atoms with Crippen molar-refractivity contribution in [2.24, 2.45) is 5.92 Å². The molecule has 2 aliphatic carbocycles. The second-order valence-corrected chi connectivity index (χ2v) is 3.30. The van der Waals surface area contributed by atoms with Gasteiger partial charge in [0.2, 0.25) is 0 Å². The van der Waals surface area contributed by atoms with E-state index >= 15 is 0 Å². The normalized spacial score (nSPS) is 26.7. The zero-order valence-electron chi connectivity index (χ0n) is 5.81. The van der Waals surface area contributed by atoms with Gasteiger partial charge >= 0.3 is 0 Å². The van der Waals surface area contributed by atoms with Crippen molar-refractivity contribution in [1.29, 1.82) is 0 Å². The Kier molecular flexibility index (Phi) is 1.46. The standard InChI is InChI=1S/C8H14O/c1-2-7(1)5-6-9-8-3-4-8/h7-8H,1-6H2. The fourth-order valence-electron chi connectivity index (χ4n) is 1.04. The monoisotopic (exact) mass is 126 g/mol. The summed E-state index contributed by atoms with van der Waals surface area (Å²) in [7, 11) is 0. The van der Waals surface area contributed by atoms with Crippen LogP contribution >= 0.6 is 0 Å². The first kappa shape index (κ1) is 5.72. The quantitative estimate of drug-likeness (QED) is 0.559. The first-order valence-electron chi connectivity index (χ1n) is 4.07. The van der Waals surface area contributed by atoms with E-state index in [1.54, 1.807) is 0 Å². The molecule has 0 aromatic rings. The summed E-state index contributed by atoms with van der Waals surface area (Å²) in [6.07, 6.45) is 7.58. The topological polar surface area (TPSA) is 9.23 Å². The van der Waals surface area contributed by atoms with Crippen LogP contribution in [0, 0.1) is 5.92 Å².